The van der Waals surface area contributed by atoms with E-state index in [1.807, 2.05) is 0 Å². The zero-order chi connectivity index (χ0) is 10.8. The van der Waals surface area contributed by atoms with Gasteiger partial charge in [-0.2, -0.15) is 0 Å². The maximum Gasteiger partial charge on any atom is 0.0594 e. The van der Waals surface area contributed by atoms with Gasteiger partial charge in [0.1, 0.15) is 0 Å². The molecule has 2 saturated heterocycles. The Bertz CT molecular complexity index is 335. The second-order valence-electron chi connectivity index (χ2n) is 4.57. The molecule has 0 spiro atoms. The molecule has 0 unspecified atom stereocenters. The van der Waals surface area contributed by atoms with Gasteiger partial charge in [-0.25, -0.2) is 0 Å². The summed E-state index contributed by atoms with van der Waals surface area (Å²) in [5.74, 6) is 0. The van der Waals surface area contributed by atoms with E-state index in [0.717, 1.165) is 32.8 Å². The monoisotopic (exact) mass is 218 g/mol. The quantitative estimate of drug-likeness (QED) is 0.770. The first-order chi connectivity index (χ1) is 7.93. The van der Waals surface area contributed by atoms with Crippen LogP contribution in [0.2, 0.25) is 0 Å². The lowest BCUT2D eigenvalue weighted by molar-refractivity contribution is 0.0380. The first-order valence-electron chi connectivity index (χ1n) is 6.04. The number of morpholine rings is 1. The van der Waals surface area contributed by atoms with Gasteiger partial charge < -0.3 is 10.1 Å². The molecule has 86 valence electrons. The van der Waals surface area contributed by atoms with Gasteiger partial charge in [-0.3, -0.25) is 4.90 Å². The highest BCUT2D eigenvalue weighted by Gasteiger charge is 2.38. The molecule has 1 N–H and O–H groups in total. The summed E-state index contributed by atoms with van der Waals surface area (Å²) >= 11 is 0. The van der Waals surface area contributed by atoms with Crippen molar-refractivity contribution in [1.29, 1.82) is 0 Å². The summed E-state index contributed by atoms with van der Waals surface area (Å²) in [6.07, 6.45) is 0. The van der Waals surface area contributed by atoms with Gasteiger partial charge in [-0.15, -0.1) is 0 Å². The minimum Gasteiger partial charge on any atom is -0.379 e. The van der Waals surface area contributed by atoms with E-state index in [1.165, 1.54) is 5.56 Å². The van der Waals surface area contributed by atoms with Crippen molar-refractivity contribution in [3.63, 3.8) is 0 Å². The van der Waals surface area contributed by atoms with Crippen molar-refractivity contribution in [3.8, 4) is 0 Å². The lowest BCUT2D eigenvalue weighted by Gasteiger charge is -2.26. The van der Waals surface area contributed by atoms with Crippen molar-refractivity contribution in [2.45, 2.75) is 12.1 Å². The van der Waals surface area contributed by atoms with E-state index in [9.17, 15) is 0 Å². The molecule has 2 atom stereocenters. The molecule has 2 heterocycles. The third kappa shape index (κ3) is 2.26. The van der Waals surface area contributed by atoms with E-state index in [0.29, 0.717) is 12.1 Å². The fraction of sp³-hybridized carbons (Fsp3) is 0.538. The van der Waals surface area contributed by atoms with Crippen LogP contribution in [-0.2, 0) is 4.74 Å². The van der Waals surface area contributed by atoms with Gasteiger partial charge in [0.05, 0.1) is 13.2 Å². The third-order valence-electron chi connectivity index (χ3n) is 3.40. The maximum absolute atomic E-state index is 5.35. The summed E-state index contributed by atoms with van der Waals surface area (Å²) in [7, 11) is 0. The smallest absolute Gasteiger partial charge is 0.0594 e. The molecule has 2 fully saturated rings. The molecule has 1 aromatic carbocycles. The number of benzene rings is 1. The van der Waals surface area contributed by atoms with E-state index in [-0.39, 0.29) is 0 Å². The number of nitrogens with one attached hydrogen (secondary N) is 1. The normalized spacial score (nSPS) is 30.2. The van der Waals surface area contributed by atoms with Gasteiger partial charge in [0.15, 0.2) is 0 Å². The Balaban J connectivity index is 1.52. The summed E-state index contributed by atoms with van der Waals surface area (Å²) < 4.78 is 5.35. The molecule has 0 bridgehead atoms. The standard InChI is InChI=1S/C13H18N2O/c1-2-4-11(5-3-1)13-12(14-13)10-15-6-8-16-9-7-15/h1-5,12-14H,6-10H2/t12-,13-/m1/s1. The second kappa shape index (κ2) is 4.53. The highest BCUT2D eigenvalue weighted by molar-refractivity contribution is 5.26. The summed E-state index contributed by atoms with van der Waals surface area (Å²) in [4.78, 5) is 2.49. The van der Waals surface area contributed by atoms with Crippen LogP contribution in [0.3, 0.4) is 0 Å². The lowest BCUT2D eigenvalue weighted by Crippen LogP contribution is -2.39. The van der Waals surface area contributed by atoms with E-state index >= 15 is 0 Å². The molecule has 0 saturated carbocycles. The number of ether oxygens (including phenoxy) is 1. The molecule has 16 heavy (non-hydrogen) atoms. The van der Waals surface area contributed by atoms with Crippen LogP contribution in [0.5, 0.6) is 0 Å². The average molecular weight is 218 g/mol. The van der Waals surface area contributed by atoms with Crippen molar-refractivity contribution >= 4 is 0 Å². The second-order valence-corrected chi connectivity index (χ2v) is 4.57. The molecule has 2 aliphatic heterocycles. The first-order valence-corrected chi connectivity index (χ1v) is 6.04. The minimum absolute atomic E-state index is 0.573. The van der Waals surface area contributed by atoms with Crippen LogP contribution in [0, 0.1) is 0 Å². The van der Waals surface area contributed by atoms with Crippen molar-refractivity contribution < 1.29 is 4.74 Å². The van der Waals surface area contributed by atoms with Crippen LogP contribution in [-0.4, -0.2) is 43.8 Å². The van der Waals surface area contributed by atoms with Crippen molar-refractivity contribution in [3.05, 3.63) is 35.9 Å². The van der Waals surface area contributed by atoms with Crippen LogP contribution in [0.1, 0.15) is 11.6 Å². The number of nitrogens with zero attached hydrogens (tertiary/aromatic N) is 1. The van der Waals surface area contributed by atoms with E-state index in [1.54, 1.807) is 0 Å². The predicted octanol–water partition coefficient (Wildman–Crippen LogP) is 1.03. The van der Waals surface area contributed by atoms with Crippen LogP contribution in [0.25, 0.3) is 0 Å². The molecule has 0 aromatic heterocycles. The lowest BCUT2D eigenvalue weighted by atomic mass is 10.1. The Hall–Kier alpha value is -0.900. The fourth-order valence-electron chi connectivity index (χ4n) is 2.38. The van der Waals surface area contributed by atoms with Crippen molar-refractivity contribution in [1.82, 2.24) is 10.2 Å². The van der Waals surface area contributed by atoms with E-state index < -0.39 is 0 Å². The highest BCUT2D eigenvalue weighted by atomic mass is 16.5. The van der Waals surface area contributed by atoms with Crippen LogP contribution >= 0.6 is 0 Å². The summed E-state index contributed by atoms with van der Waals surface area (Å²) in [6.45, 7) is 5.10. The molecular formula is C13H18N2O. The Kier molecular flexibility index (Phi) is 2.91. The zero-order valence-corrected chi connectivity index (χ0v) is 9.43. The van der Waals surface area contributed by atoms with Gasteiger partial charge in [0, 0.05) is 31.7 Å². The van der Waals surface area contributed by atoms with Crippen molar-refractivity contribution in [2.75, 3.05) is 32.8 Å². The Labute approximate surface area is 96.4 Å². The first kappa shape index (κ1) is 10.3. The zero-order valence-electron chi connectivity index (χ0n) is 9.43. The van der Waals surface area contributed by atoms with Gasteiger partial charge in [0.25, 0.3) is 0 Å². The molecule has 0 radical (unpaired) electrons. The van der Waals surface area contributed by atoms with Crippen LogP contribution in [0.4, 0.5) is 0 Å². The van der Waals surface area contributed by atoms with Gasteiger partial charge in [0.2, 0.25) is 0 Å². The van der Waals surface area contributed by atoms with Crippen molar-refractivity contribution in [2.24, 2.45) is 0 Å². The van der Waals surface area contributed by atoms with Gasteiger partial charge >= 0.3 is 0 Å². The molecule has 0 amide bonds. The third-order valence-corrected chi connectivity index (χ3v) is 3.40. The highest BCUT2D eigenvalue weighted by Crippen LogP contribution is 2.29. The molecule has 0 aliphatic carbocycles. The molecule has 3 heteroatoms. The summed E-state index contributed by atoms with van der Waals surface area (Å²) in [5.41, 5.74) is 1.42. The largest absolute Gasteiger partial charge is 0.379 e. The number of rotatable bonds is 3. The minimum atomic E-state index is 0.573. The fourth-order valence-corrected chi connectivity index (χ4v) is 2.38. The van der Waals surface area contributed by atoms with E-state index in [2.05, 4.69) is 40.5 Å². The molecule has 1 aromatic rings. The topological polar surface area (TPSA) is 34.4 Å². The average Bonchev–Trinajstić information content (AvgIpc) is 3.11. The Morgan fingerprint density at radius 2 is 1.94 bits per heavy atom. The van der Waals surface area contributed by atoms with Gasteiger partial charge in [-0.1, -0.05) is 30.3 Å². The van der Waals surface area contributed by atoms with Crippen LogP contribution < -0.4 is 5.32 Å². The molecule has 3 rings (SSSR count). The number of hydrogen-bond donors (Lipinski definition) is 1. The number of hydrogen-bond acceptors (Lipinski definition) is 3. The van der Waals surface area contributed by atoms with E-state index in [4.69, 9.17) is 4.74 Å². The summed E-state index contributed by atoms with van der Waals surface area (Å²) in [5, 5.41) is 3.55. The SMILES string of the molecule is c1ccc([C@H]2N[C@@H]2CN2CCOCC2)cc1. The van der Waals surface area contributed by atoms with Gasteiger partial charge in [-0.05, 0) is 5.56 Å². The molecular weight excluding hydrogens is 200 g/mol. The molecule has 2 aliphatic rings. The predicted molar refractivity (Wildman–Crippen MR) is 63.4 cm³/mol. The Morgan fingerprint density at radius 1 is 1.19 bits per heavy atom. The van der Waals surface area contributed by atoms with Crippen LogP contribution in [0.15, 0.2) is 30.3 Å². The molecule has 3 nitrogen and oxygen atoms in total. The maximum atomic E-state index is 5.35. The Morgan fingerprint density at radius 3 is 2.69 bits per heavy atom. The summed E-state index contributed by atoms with van der Waals surface area (Å²) in [6, 6.07) is 11.9.